The average molecular weight is 348 g/mol. The molecule has 7 N–H and O–H groups in total. The standard InChI is InChI=1S/C10H14N5O7P/c11-8-5-9(13-2-12-8)15(3-14-5)10-7(17)6(16)4(22-10)1-21-23(18,19)20/h2-4,6-7,10,16-17H,1H2,(H2,11,12,13)(H2,18,19,20)/p+1/t4-,6?,7+,10-/m1/s1. The summed E-state index contributed by atoms with van der Waals surface area (Å²) in [5.74, 6) is 0.156. The van der Waals surface area contributed by atoms with Crippen LogP contribution in [0.3, 0.4) is 0 Å². The second kappa shape index (κ2) is 5.76. The van der Waals surface area contributed by atoms with Gasteiger partial charge in [-0.05, 0) is 0 Å². The summed E-state index contributed by atoms with van der Waals surface area (Å²) in [6.07, 6.45) is -2.08. The number of anilines is 1. The van der Waals surface area contributed by atoms with Gasteiger partial charge in [-0.2, -0.15) is 0 Å². The van der Waals surface area contributed by atoms with Crippen LogP contribution >= 0.6 is 7.82 Å². The Morgan fingerprint density at radius 3 is 2.74 bits per heavy atom. The lowest BCUT2D eigenvalue weighted by molar-refractivity contribution is -0.180. The van der Waals surface area contributed by atoms with Crippen LogP contribution in [0.25, 0.3) is 11.2 Å². The van der Waals surface area contributed by atoms with Crippen LogP contribution < -0.4 is 5.73 Å². The molecule has 2 aromatic heterocycles. The predicted octanol–water partition coefficient (Wildman–Crippen LogP) is -2.35. The Balaban J connectivity index is 1.85. The van der Waals surface area contributed by atoms with Gasteiger partial charge in [0.2, 0.25) is 6.10 Å². The van der Waals surface area contributed by atoms with E-state index in [4.69, 9.17) is 15.5 Å². The summed E-state index contributed by atoms with van der Waals surface area (Å²) in [5.41, 5.74) is 6.31. The number of fused-ring (bicyclic) bond motifs is 1. The molecule has 0 aromatic carbocycles. The molecule has 23 heavy (non-hydrogen) atoms. The monoisotopic (exact) mass is 348 g/mol. The maximum atomic E-state index is 10.7. The molecule has 0 aliphatic carbocycles. The first-order chi connectivity index (χ1) is 10.8. The van der Waals surface area contributed by atoms with Gasteiger partial charge in [0.25, 0.3) is 6.23 Å². The first-order valence-corrected chi connectivity index (χ1v) is 8.00. The molecule has 1 aliphatic heterocycles. The Bertz CT molecular complexity index is 763. The normalized spacial score (nSPS) is 28.5. The minimum Gasteiger partial charge on any atom is -0.407 e. The molecule has 0 bridgehead atoms. The molecule has 12 nitrogen and oxygen atoms in total. The Morgan fingerprint density at radius 2 is 2.04 bits per heavy atom. The molecule has 126 valence electrons. The van der Waals surface area contributed by atoms with Gasteiger partial charge in [-0.3, -0.25) is 4.52 Å². The number of nitrogen functional groups attached to an aromatic ring is 1. The van der Waals surface area contributed by atoms with E-state index in [-0.39, 0.29) is 5.82 Å². The Labute approximate surface area is 128 Å². The molecule has 0 radical (unpaired) electrons. The Morgan fingerprint density at radius 1 is 1.30 bits per heavy atom. The number of aromatic nitrogens is 4. The highest BCUT2D eigenvalue weighted by molar-refractivity contribution is 7.46. The molecule has 0 amide bonds. The molecule has 3 heterocycles. The molecule has 13 heteroatoms. The summed E-state index contributed by atoms with van der Waals surface area (Å²) < 4.78 is 20.6. The zero-order valence-corrected chi connectivity index (χ0v) is 12.4. The van der Waals surface area contributed by atoms with Crippen molar-refractivity contribution >= 4 is 24.8 Å². The Kier molecular flexibility index (Phi) is 4.06. The number of aliphatic hydroxyl groups is 4. The van der Waals surface area contributed by atoms with Crippen LogP contribution in [0.5, 0.6) is 0 Å². The van der Waals surface area contributed by atoms with Crippen molar-refractivity contribution in [2.24, 2.45) is 0 Å². The maximum absolute atomic E-state index is 10.7. The fourth-order valence-electron chi connectivity index (χ4n) is 2.39. The maximum Gasteiger partial charge on any atom is 0.469 e. The van der Waals surface area contributed by atoms with Gasteiger partial charge in [-0.15, -0.1) is 0 Å². The predicted molar refractivity (Wildman–Crippen MR) is 74.8 cm³/mol. The first kappa shape index (κ1) is 16.2. The van der Waals surface area contributed by atoms with Crippen molar-refractivity contribution < 1.29 is 33.8 Å². The Hall–Kier alpha value is -1.66. The molecule has 0 spiro atoms. The summed E-state index contributed by atoms with van der Waals surface area (Å²) >= 11 is 0. The number of rotatable bonds is 4. The molecule has 2 aromatic rings. The summed E-state index contributed by atoms with van der Waals surface area (Å²) in [6, 6.07) is 0. The SMILES string of the molecule is Nc1ncnc2c1ncn2[C@@H]1[OH+][C@H](COP(=O)(O)O)C(O)[C@@H]1O. The van der Waals surface area contributed by atoms with Crippen LogP contribution in [0.1, 0.15) is 6.23 Å². The number of nitrogens with two attached hydrogens (primary N) is 1. The molecule has 0 saturated carbocycles. The molecular formula is C10H15N5O7P+. The van der Waals surface area contributed by atoms with Crippen molar-refractivity contribution in [2.45, 2.75) is 24.5 Å². The lowest BCUT2D eigenvalue weighted by atomic mass is 10.1. The van der Waals surface area contributed by atoms with E-state index in [0.29, 0.717) is 11.2 Å². The van der Waals surface area contributed by atoms with Crippen molar-refractivity contribution in [3.63, 3.8) is 0 Å². The third kappa shape index (κ3) is 3.05. The van der Waals surface area contributed by atoms with Gasteiger partial charge in [0.15, 0.2) is 23.7 Å². The highest BCUT2D eigenvalue weighted by atomic mass is 31.2. The van der Waals surface area contributed by atoms with Gasteiger partial charge in [0, 0.05) is 0 Å². The second-order valence-corrected chi connectivity index (χ2v) is 6.22. The van der Waals surface area contributed by atoms with Crippen molar-refractivity contribution in [1.29, 1.82) is 0 Å². The lowest BCUT2D eigenvalue weighted by Crippen LogP contribution is -2.33. The summed E-state index contributed by atoms with van der Waals surface area (Å²) in [7, 11) is -4.70. The number of hydrogen-bond acceptors (Lipinski definition) is 8. The lowest BCUT2D eigenvalue weighted by Gasteiger charge is -2.13. The number of phosphoric acid groups is 1. The van der Waals surface area contributed by atoms with Crippen molar-refractivity contribution in [2.75, 3.05) is 12.3 Å². The third-order valence-electron chi connectivity index (χ3n) is 3.48. The minimum absolute atomic E-state index is 0.156. The molecule has 1 saturated heterocycles. The highest BCUT2D eigenvalue weighted by Gasteiger charge is 2.50. The molecular weight excluding hydrogens is 333 g/mol. The molecule has 1 unspecified atom stereocenters. The fraction of sp³-hybridized carbons (Fsp3) is 0.500. The zero-order chi connectivity index (χ0) is 16.8. The average Bonchev–Trinajstić information content (AvgIpc) is 3.01. The fourth-order valence-corrected chi connectivity index (χ4v) is 2.74. The van der Waals surface area contributed by atoms with Crippen LogP contribution in [0.2, 0.25) is 0 Å². The number of aliphatic hydroxyl groups excluding tert-OH is 2. The minimum atomic E-state index is -4.70. The second-order valence-electron chi connectivity index (χ2n) is 4.98. The zero-order valence-electron chi connectivity index (χ0n) is 11.5. The molecule has 1 fully saturated rings. The third-order valence-corrected chi connectivity index (χ3v) is 3.96. The van der Waals surface area contributed by atoms with E-state index in [1.54, 1.807) is 0 Å². The van der Waals surface area contributed by atoms with Crippen LogP contribution in [0, 0.1) is 0 Å². The molecule has 4 atom stereocenters. The van der Waals surface area contributed by atoms with Gasteiger partial charge < -0.3 is 30.5 Å². The van der Waals surface area contributed by atoms with Gasteiger partial charge in [0.05, 0.1) is 0 Å². The van der Waals surface area contributed by atoms with E-state index in [1.807, 2.05) is 0 Å². The van der Waals surface area contributed by atoms with Crippen LogP contribution in [-0.2, 0) is 9.09 Å². The van der Waals surface area contributed by atoms with E-state index in [1.165, 1.54) is 17.2 Å². The van der Waals surface area contributed by atoms with Gasteiger partial charge in [0.1, 0.15) is 24.8 Å². The van der Waals surface area contributed by atoms with E-state index >= 15 is 0 Å². The van der Waals surface area contributed by atoms with E-state index in [9.17, 15) is 14.8 Å². The molecule has 3 rings (SSSR count). The number of imidazole rings is 1. The number of nitrogens with zero attached hydrogens (tertiary/aromatic N) is 4. The van der Waals surface area contributed by atoms with Crippen molar-refractivity contribution in [1.82, 2.24) is 19.5 Å². The van der Waals surface area contributed by atoms with Gasteiger partial charge >= 0.3 is 7.82 Å². The van der Waals surface area contributed by atoms with Gasteiger partial charge in [-0.25, -0.2) is 24.1 Å². The largest absolute Gasteiger partial charge is 0.469 e. The molecule has 1 aliphatic rings. The van der Waals surface area contributed by atoms with Crippen LogP contribution in [0.4, 0.5) is 5.82 Å². The topological polar surface area (TPSA) is 190 Å². The van der Waals surface area contributed by atoms with Crippen molar-refractivity contribution in [3.05, 3.63) is 12.7 Å². The summed E-state index contributed by atoms with van der Waals surface area (Å²) in [6.45, 7) is -0.539. The number of ether oxygens (including phenoxy) is 1. The van der Waals surface area contributed by atoms with E-state index in [2.05, 4.69) is 24.2 Å². The van der Waals surface area contributed by atoms with E-state index in [0.717, 1.165) is 0 Å². The van der Waals surface area contributed by atoms with Gasteiger partial charge in [-0.1, -0.05) is 0 Å². The number of hydrogen-bond donors (Lipinski definition) is 5. The smallest absolute Gasteiger partial charge is 0.407 e. The summed E-state index contributed by atoms with van der Waals surface area (Å²) in [5, 5.41) is 20.1. The van der Waals surface area contributed by atoms with E-state index < -0.39 is 39.0 Å². The quantitative estimate of drug-likeness (QED) is 0.295. The van der Waals surface area contributed by atoms with Crippen LogP contribution in [0.15, 0.2) is 12.7 Å². The first-order valence-electron chi connectivity index (χ1n) is 6.47. The highest BCUT2D eigenvalue weighted by Crippen LogP contribution is 2.38. The van der Waals surface area contributed by atoms with Crippen LogP contribution in [-0.4, -0.2) is 69.2 Å². The number of phosphoric ester groups is 1. The summed E-state index contributed by atoms with van der Waals surface area (Å²) in [4.78, 5) is 29.3. The van der Waals surface area contributed by atoms with Crippen molar-refractivity contribution in [3.8, 4) is 0 Å².